The lowest BCUT2D eigenvalue weighted by molar-refractivity contribution is -0.129. The van der Waals surface area contributed by atoms with E-state index in [1.807, 2.05) is 103 Å². The first kappa shape index (κ1) is 23.0. The van der Waals surface area contributed by atoms with Gasteiger partial charge in [0.25, 0.3) is 11.8 Å². The van der Waals surface area contributed by atoms with Gasteiger partial charge < -0.3 is 5.32 Å². The average molecular weight is 466 g/mol. The smallest absolute Gasteiger partial charge is 0.262 e. The molecule has 0 saturated carbocycles. The summed E-state index contributed by atoms with van der Waals surface area (Å²) >= 11 is 1.39. The Morgan fingerprint density at radius 2 is 1.47 bits per heavy atom. The summed E-state index contributed by atoms with van der Waals surface area (Å²) in [7, 11) is 1.40. The van der Waals surface area contributed by atoms with E-state index in [9.17, 15) is 14.9 Å². The molecule has 0 fully saturated rings. The van der Waals surface area contributed by atoms with Gasteiger partial charge in [0.2, 0.25) is 0 Å². The molecule has 1 N–H and O–H groups in total. The molecule has 0 radical (unpaired) electrons. The Hall–Kier alpha value is -4.21. The second-order valence-corrected chi connectivity index (χ2v) is 8.85. The number of hydrogen-bond donors (Lipinski definition) is 1. The number of nitrogens with one attached hydrogen (secondary N) is 1. The van der Waals surface area contributed by atoms with Crippen LogP contribution in [-0.2, 0) is 11.2 Å². The first-order chi connectivity index (χ1) is 16.6. The summed E-state index contributed by atoms with van der Waals surface area (Å²) in [5, 5.41) is 12.1. The molecule has 0 spiro atoms. The van der Waals surface area contributed by atoms with Gasteiger partial charge in [0, 0.05) is 23.9 Å². The van der Waals surface area contributed by atoms with Crippen molar-refractivity contribution in [3.63, 3.8) is 0 Å². The molecule has 1 aromatic heterocycles. The van der Waals surface area contributed by atoms with Crippen LogP contribution in [0.15, 0.2) is 97.1 Å². The topological polar surface area (TPSA) is 73.2 Å². The van der Waals surface area contributed by atoms with Gasteiger partial charge in [-0.15, -0.1) is 11.3 Å². The number of hydrogen-bond acceptors (Lipinski definition) is 4. The summed E-state index contributed by atoms with van der Waals surface area (Å²) in [6.45, 7) is 0. The number of amides is 2. The van der Waals surface area contributed by atoms with Crippen LogP contribution in [0.1, 0.15) is 15.2 Å². The fraction of sp³-hybridized carbons (Fsp3) is 0.107. The van der Waals surface area contributed by atoms with Crippen LogP contribution in [0.25, 0.3) is 21.6 Å². The third-order valence-electron chi connectivity index (χ3n) is 5.44. The van der Waals surface area contributed by atoms with Crippen molar-refractivity contribution in [1.29, 1.82) is 5.26 Å². The molecule has 0 bridgehead atoms. The minimum absolute atomic E-state index is 0.292. The van der Waals surface area contributed by atoms with Crippen molar-refractivity contribution in [3.8, 4) is 27.8 Å². The van der Waals surface area contributed by atoms with Gasteiger partial charge in [0.05, 0.1) is 4.88 Å². The molecule has 6 heteroatoms. The first-order valence-electron chi connectivity index (χ1n) is 10.8. The van der Waals surface area contributed by atoms with Crippen molar-refractivity contribution in [3.05, 3.63) is 108 Å². The van der Waals surface area contributed by atoms with Crippen LogP contribution < -0.4 is 5.32 Å². The SMILES string of the molecule is CN(C#N)C(=O)[C@H](Cc1ccccc1)NC(=O)c1cc(-c2ccccc2)c(-c2ccccc2)s1. The number of benzene rings is 3. The fourth-order valence-corrected chi connectivity index (χ4v) is 4.79. The summed E-state index contributed by atoms with van der Waals surface area (Å²) in [6, 6.07) is 30.3. The van der Waals surface area contributed by atoms with Gasteiger partial charge in [-0.2, -0.15) is 5.26 Å². The number of nitrogens with zero attached hydrogens (tertiary/aromatic N) is 2. The van der Waals surface area contributed by atoms with Gasteiger partial charge in [0.1, 0.15) is 6.04 Å². The normalized spacial score (nSPS) is 11.3. The van der Waals surface area contributed by atoms with Crippen LogP contribution in [0.5, 0.6) is 0 Å². The van der Waals surface area contributed by atoms with E-state index in [0.29, 0.717) is 11.3 Å². The molecule has 1 atom stereocenters. The molecule has 0 aliphatic rings. The highest BCUT2D eigenvalue weighted by Gasteiger charge is 2.26. The predicted molar refractivity (Wildman–Crippen MR) is 135 cm³/mol. The van der Waals surface area contributed by atoms with Gasteiger partial charge >= 0.3 is 0 Å². The minimum atomic E-state index is -0.859. The van der Waals surface area contributed by atoms with Gasteiger partial charge in [-0.3, -0.25) is 14.5 Å². The Bertz CT molecular complexity index is 1260. The Kier molecular flexibility index (Phi) is 7.16. The van der Waals surface area contributed by atoms with E-state index in [2.05, 4.69) is 5.32 Å². The number of likely N-dealkylation sites (N-methyl/N-ethyl adjacent to an activating group) is 1. The quantitative estimate of drug-likeness (QED) is 0.295. The Morgan fingerprint density at radius 1 is 0.912 bits per heavy atom. The first-order valence-corrected chi connectivity index (χ1v) is 11.6. The summed E-state index contributed by atoms with van der Waals surface area (Å²) in [5.41, 5.74) is 3.89. The van der Waals surface area contributed by atoms with Crippen molar-refractivity contribution in [2.24, 2.45) is 0 Å². The van der Waals surface area contributed by atoms with Crippen LogP contribution in [0, 0.1) is 11.5 Å². The molecule has 168 valence electrons. The average Bonchev–Trinajstić information content (AvgIpc) is 3.35. The highest BCUT2D eigenvalue weighted by atomic mass is 32.1. The fourth-order valence-electron chi connectivity index (χ4n) is 3.70. The molecular weight excluding hydrogens is 442 g/mol. The molecular formula is C28H23N3O2S. The van der Waals surface area contributed by atoms with Crippen molar-refractivity contribution in [2.75, 3.05) is 7.05 Å². The lowest BCUT2D eigenvalue weighted by atomic mass is 10.0. The van der Waals surface area contributed by atoms with Gasteiger partial charge in [0.15, 0.2) is 6.19 Å². The van der Waals surface area contributed by atoms with Crippen LogP contribution >= 0.6 is 11.3 Å². The molecule has 3 aromatic carbocycles. The van der Waals surface area contributed by atoms with Crippen LogP contribution in [0.3, 0.4) is 0 Å². The van der Waals surface area contributed by atoms with Crippen LogP contribution in [-0.4, -0.2) is 29.8 Å². The van der Waals surface area contributed by atoms with Crippen molar-refractivity contribution in [2.45, 2.75) is 12.5 Å². The van der Waals surface area contributed by atoms with Crippen molar-refractivity contribution in [1.82, 2.24) is 10.2 Å². The molecule has 2 amide bonds. The largest absolute Gasteiger partial charge is 0.339 e. The molecule has 4 aromatic rings. The van der Waals surface area contributed by atoms with E-state index in [4.69, 9.17) is 0 Å². The van der Waals surface area contributed by atoms with Gasteiger partial charge in [-0.05, 0) is 22.8 Å². The highest BCUT2D eigenvalue weighted by molar-refractivity contribution is 7.18. The zero-order chi connectivity index (χ0) is 23.9. The second kappa shape index (κ2) is 10.6. The maximum absolute atomic E-state index is 13.3. The number of nitriles is 1. The van der Waals surface area contributed by atoms with E-state index in [1.54, 1.807) is 0 Å². The lowest BCUT2D eigenvalue weighted by Gasteiger charge is -2.20. The third kappa shape index (κ3) is 5.22. The van der Waals surface area contributed by atoms with E-state index in [0.717, 1.165) is 32.0 Å². The van der Waals surface area contributed by atoms with Crippen LogP contribution in [0.2, 0.25) is 0 Å². The van der Waals surface area contributed by atoms with E-state index >= 15 is 0 Å². The van der Waals surface area contributed by atoms with E-state index in [-0.39, 0.29) is 5.91 Å². The molecule has 0 unspecified atom stereocenters. The molecule has 1 heterocycles. The van der Waals surface area contributed by atoms with Crippen molar-refractivity contribution < 1.29 is 9.59 Å². The number of carbonyl (C=O) groups is 2. The molecule has 5 nitrogen and oxygen atoms in total. The molecule has 0 saturated heterocycles. The monoisotopic (exact) mass is 465 g/mol. The highest BCUT2D eigenvalue weighted by Crippen LogP contribution is 2.39. The maximum atomic E-state index is 13.3. The molecule has 0 aliphatic carbocycles. The summed E-state index contributed by atoms with van der Waals surface area (Å²) < 4.78 is 0. The summed E-state index contributed by atoms with van der Waals surface area (Å²) in [4.78, 5) is 28.6. The van der Waals surface area contributed by atoms with E-state index < -0.39 is 11.9 Å². The molecule has 34 heavy (non-hydrogen) atoms. The number of carbonyl (C=O) groups excluding carboxylic acids is 2. The zero-order valence-electron chi connectivity index (χ0n) is 18.6. The maximum Gasteiger partial charge on any atom is 0.262 e. The second-order valence-electron chi connectivity index (χ2n) is 7.80. The number of thiophene rings is 1. The Morgan fingerprint density at radius 3 is 2.06 bits per heavy atom. The predicted octanol–water partition coefficient (Wildman–Crippen LogP) is 5.36. The summed E-state index contributed by atoms with van der Waals surface area (Å²) in [5.74, 6) is -0.798. The lowest BCUT2D eigenvalue weighted by Crippen LogP contribution is -2.47. The van der Waals surface area contributed by atoms with E-state index in [1.165, 1.54) is 18.4 Å². The van der Waals surface area contributed by atoms with Gasteiger partial charge in [-0.25, -0.2) is 0 Å². The van der Waals surface area contributed by atoms with Crippen LogP contribution in [0.4, 0.5) is 0 Å². The van der Waals surface area contributed by atoms with Gasteiger partial charge in [-0.1, -0.05) is 91.0 Å². The zero-order valence-corrected chi connectivity index (χ0v) is 19.5. The Balaban J connectivity index is 1.67. The summed E-state index contributed by atoms with van der Waals surface area (Å²) in [6.07, 6.45) is 2.13. The Labute approximate surface area is 202 Å². The number of rotatable bonds is 7. The molecule has 0 aliphatic heterocycles. The molecule has 4 rings (SSSR count). The minimum Gasteiger partial charge on any atom is -0.339 e. The third-order valence-corrected chi connectivity index (χ3v) is 6.63. The standard InChI is InChI=1S/C28H23N3O2S/c1-31(19-29)28(33)24(17-20-11-5-2-6-12-20)30-27(32)25-18-23(21-13-7-3-8-14-21)26(34-25)22-15-9-4-10-16-22/h2-16,18,24H,17H2,1H3,(H,30,32)/t24-/m0/s1. The van der Waals surface area contributed by atoms with Crippen molar-refractivity contribution >= 4 is 23.2 Å².